The second-order valence-electron chi connectivity index (χ2n) is 3.87. The number of nitrogens with two attached hydrogens (primary N) is 1. The minimum atomic E-state index is -0.620. The van der Waals surface area contributed by atoms with Gasteiger partial charge in [0.05, 0.1) is 11.4 Å². The van der Waals surface area contributed by atoms with Gasteiger partial charge >= 0.3 is 0 Å². The van der Waals surface area contributed by atoms with Crippen molar-refractivity contribution in [1.29, 1.82) is 0 Å². The van der Waals surface area contributed by atoms with Crippen molar-refractivity contribution >= 4 is 11.4 Å². The molecule has 0 aliphatic carbocycles. The molecule has 0 aromatic heterocycles. The van der Waals surface area contributed by atoms with Crippen LogP contribution in [0.4, 0.5) is 20.2 Å². The van der Waals surface area contributed by atoms with E-state index in [9.17, 15) is 8.78 Å². The lowest BCUT2D eigenvalue weighted by Gasteiger charge is -2.30. The van der Waals surface area contributed by atoms with Gasteiger partial charge in [0.15, 0.2) is 5.82 Å². The zero-order chi connectivity index (χ0) is 12.8. The second-order valence-corrected chi connectivity index (χ2v) is 3.87. The summed E-state index contributed by atoms with van der Waals surface area (Å²) in [6, 6.07) is 2.06. The smallest absolute Gasteiger partial charge is 0.151 e. The average Bonchev–Trinajstić information content (AvgIpc) is 2.31. The van der Waals surface area contributed by atoms with Gasteiger partial charge < -0.3 is 10.6 Å². The first-order chi connectivity index (χ1) is 8.18. The number of nitrogen functional groups attached to an aromatic ring is 1. The highest BCUT2D eigenvalue weighted by Crippen LogP contribution is 2.30. The van der Waals surface area contributed by atoms with E-state index in [1.165, 1.54) is 12.5 Å². The molecular formula is C13H20F2N2. The largest absolute Gasteiger partial charge is 0.397 e. The number of anilines is 2. The Hall–Kier alpha value is -1.32. The monoisotopic (exact) mass is 242 g/mol. The maximum Gasteiger partial charge on any atom is 0.151 e. The standard InChI is InChI=1S/C11H14F2N2.C2H6/c12-8-6-9(13)11(10(14)7-8)15-4-2-1-3-5-15;1-2/h6-7H,1-5,14H2;1-2H3. The lowest BCUT2D eigenvalue weighted by Crippen LogP contribution is -2.30. The molecule has 1 aromatic carbocycles. The van der Waals surface area contributed by atoms with Crippen LogP contribution in [0.25, 0.3) is 0 Å². The van der Waals surface area contributed by atoms with Gasteiger partial charge in [0, 0.05) is 19.2 Å². The van der Waals surface area contributed by atoms with E-state index < -0.39 is 11.6 Å². The van der Waals surface area contributed by atoms with E-state index in [1.807, 2.05) is 18.7 Å². The van der Waals surface area contributed by atoms with Crippen LogP contribution in [0.3, 0.4) is 0 Å². The van der Waals surface area contributed by atoms with E-state index in [1.54, 1.807) is 0 Å². The predicted molar refractivity (Wildman–Crippen MR) is 68.2 cm³/mol. The van der Waals surface area contributed by atoms with Crippen molar-refractivity contribution in [3.05, 3.63) is 23.8 Å². The van der Waals surface area contributed by atoms with Gasteiger partial charge in [-0.05, 0) is 25.3 Å². The van der Waals surface area contributed by atoms with Gasteiger partial charge in [0.25, 0.3) is 0 Å². The van der Waals surface area contributed by atoms with E-state index in [2.05, 4.69) is 0 Å². The SMILES string of the molecule is CC.Nc1cc(F)cc(F)c1N1CCCCC1. The summed E-state index contributed by atoms with van der Waals surface area (Å²) in [7, 11) is 0. The fourth-order valence-corrected chi connectivity index (χ4v) is 2.04. The van der Waals surface area contributed by atoms with E-state index in [0.717, 1.165) is 32.0 Å². The van der Waals surface area contributed by atoms with Gasteiger partial charge in [-0.3, -0.25) is 0 Å². The summed E-state index contributed by atoms with van der Waals surface area (Å²) >= 11 is 0. The number of benzene rings is 1. The number of hydrogen-bond acceptors (Lipinski definition) is 2. The second kappa shape index (κ2) is 6.42. The first kappa shape index (κ1) is 13.7. The molecule has 1 aliphatic rings. The summed E-state index contributed by atoms with van der Waals surface area (Å²) in [5, 5.41) is 0. The van der Waals surface area contributed by atoms with Crippen molar-refractivity contribution in [3.63, 3.8) is 0 Å². The third-order valence-corrected chi connectivity index (χ3v) is 2.73. The van der Waals surface area contributed by atoms with Gasteiger partial charge in [-0.2, -0.15) is 0 Å². The molecule has 1 fully saturated rings. The quantitative estimate of drug-likeness (QED) is 0.763. The van der Waals surface area contributed by atoms with Gasteiger partial charge in [-0.15, -0.1) is 0 Å². The highest BCUT2D eigenvalue weighted by molar-refractivity contribution is 5.68. The fourth-order valence-electron chi connectivity index (χ4n) is 2.04. The van der Waals surface area contributed by atoms with E-state index in [4.69, 9.17) is 5.73 Å². The molecule has 2 nitrogen and oxygen atoms in total. The number of nitrogens with zero attached hydrogens (tertiary/aromatic N) is 1. The number of hydrogen-bond donors (Lipinski definition) is 1. The van der Waals surface area contributed by atoms with E-state index in [0.29, 0.717) is 5.69 Å². The summed E-state index contributed by atoms with van der Waals surface area (Å²) in [5.41, 5.74) is 6.18. The van der Waals surface area contributed by atoms with Gasteiger partial charge in [-0.25, -0.2) is 8.78 Å². The van der Waals surface area contributed by atoms with Crippen LogP contribution in [0, 0.1) is 11.6 Å². The minimum absolute atomic E-state index is 0.189. The molecule has 0 saturated carbocycles. The summed E-state index contributed by atoms with van der Waals surface area (Å²) < 4.78 is 26.4. The Balaban J connectivity index is 0.000000686. The zero-order valence-electron chi connectivity index (χ0n) is 10.5. The number of rotatable bonds is 1. The van der Waals surface area contributed by atoms with Crippen molar-refractivity contribution in [2.24, 2.45) is 0 Å². The third kappa shape index (κ3) is 3.32. The van der Waals surface area contributed by atoms with Crippen LogP contribution < -0.4 is 10.6 Å². The van der Waals surface area contributed by atoms with E-state index >= 15 is 0 Å². The van der Waals surface area contributed by atoms with Crippen molar-refractivity contribution < 1.29 is 8.78 Å². The average molecular weight is 242 g/mol. The summed E-state index contributed by atoms with van der Waals surface area (Å²) in [4.78, 5) is 1.90. The van der Waals surface area contributed by atoms with Gasteiger partial charge in [0.2, 0.25) is 0 Å². The Bertz CT molecular complexity index is 337. The molecule has 2 N–H and O–H groups in total. The van der Waals surface area contributed by atoms with Crippen LogP contribution in [0.5, 0.6) is 0 Å². The molecule has 2 rings (SSSR count). The van der Waals surface area contributed by atoms with E-state index in [-0.39, 0.29) is 5.69 Å². The van der Waals surface area contributed by atoms with Crippen LogP contribution in [0.15, 0.2) is 12.1 Å². The van der Waals surface area contributed by atoms with Crippen LogP contribution in [-0.4, -0.2) is 13.1 Å². The summed E-state index contributed by atoms with van der Waals surface area (Å²) in [6.07, 6.45) is 3.24. The maximum absolute atomic E-state index is 13.5. The molecule has 1 aliphatic heterocycles. The normalized spacial score (nSPS) is 15.2. The molecule has 1 aromatic rings. The molecule has 96 valence electrons. The molecule has 0 radical (unpaired) electrons. The first-order valence-electron chi connectivity index (χ1n) is 6.18. The Morgan fingerprint density at radius 2 is 1.65 bits per heavy atom. The molecule has 17 heavy (non-hydrogen) atoms. The van der Waals surface area contributed by atoms with Crippen molar-refractivity contribution in [2.75, 3.05) is 23.7 Å². The molecular weight excluding hydrogens is 222 g/mol. The Morgan fingerprint density at radius 3 is 2.18 bits per heavy atom. The molecule has 0 amide bonds. The topological polar surface area (TPSA) is 29.3 Å². The van der Waals surface area contributed by atoms with Crippen molar-refractivity contribution in [1.82, 2.24) is 0 Å². The highest BCUT2D eigenvalue weighted by atomic mass is 19.1. The molecule has 4 heteroatoms. The highest BCUT2D eigenvalue weighted by Gasteiger charge is 2.18. The predicted octanol–water partition coefficient (Wildman–Crippen LogP) is 3.56. The maximum atomic E-state index is 13.5. The van der Waals surface area contributed by atoms with Crippen LogP contribution in [-0.2, 0) is 0 Å². The molecule has 0 spiro atoms. The number of piperidine rings is 1. The van der Waals surface area contributed by atoms with Crippen LogP contribution >= 0.6 is 0 Å². The van der Waals surface area contributed by atoms with Crippen molar-refractivity contribution in [3.8, 4) is 0 Å². The Morgan fingerprint density at radius 1 is 1.06 bits per heavy atom. The lowest BCUT2D eigenvalue weighted by molar-refractivity contribution is 0.548. The molecule has 0 atom stereocenters. The minimum Gasteiger partial charge on any atom is -0.397 e. The molecule has 0 bridgehead atoms. The lowest BCUT2D eigenvalue weighted by atomic mass is 10.1. The van der Waals surface area contributed by atoms with Crippen LogP contribution in [0.2, 0.25) is 0 Å². The Kier molecular flexibility index (Phi) is 5.19. The Labute approximate surface area is 101 Å². The molecule has 0 unspecified atom stereocenters. The van der Waals surface area contributed by atoms with Crippen LogP contribution in [0.1, 0.15) is 33.1 Å². The third-order valence-electron chi connectivity index (χ3n) is 2.73. The fraction of sp³-hybridized carbons (Fsp3) is 0.538. The molecule has 1 heterocycles. The summed E-state index contributed by atoms with van der Waals surface area (Å²) in [6.45, 7) is 5.60. The van der Waals surface area contributed by atoms with Gasteiger partial charge in [-0.1, -0.05) is 13.8 Å². The molecule has 1 saturated heterocycles. The first-order valence-corrected chi connectivity index (χ1v) is 6.18. The van der Waals surface area contributed by atoms with Gasteiger partial charge in [0.1, 0.15) is 5.82 Å². The summed E-state index contributed by atoms with van der Waals surface area (Å²) in [5.74, 6) is -1.18. The van der Waals surface area contributed by atoms with Crippen molar-refractivity contribution in [2.45, 2.75) is 33.1 Å². The zero-order valence-corrected chi connectivity index (χ0v) is 10.5. The number of halogens is 2.